The van der Waals surface area contributed by atoms with Crippen LogP contribution in [-0.4, -0.2) is 26.2 Å². The molecule has 8 heteroatoms. The van der Waals surface area contributed by atoms with E-state index >= 15 is 0 Å². The quantitative estimate of drug-likeness (QED) is 0.151. The molecule has 0 bridgehead atoms. The monoisotopic (exact) mass is 517 g/mol. The van der Waals surface area contributed by atoms with E-state index < -0.39 is 4.92 Å². The predicted molar refractivity (Wildman–Crippen MR) is 153 cm³/mol. The summed E-state index contributed by atoms with van der Waals surface area (Å²) in [5.74, 6) is -0.311. The smallest absolute Gasteiger partial charge is 0.271 e. The van der Waals surface area contributed by atoms with Crippen LogP contribution in [0, 0.1) is 30.9 Å². The summed E-state index contributed by atoms with van der Waals surface area (Å²) in [5, 5.41) is 15.1. The number of carbonyl (C=O) groups excluding carboxylic acids is 1. The Balaban J connectivity index is 1.30. The van der Waals surface area contributed by atoms with Gasteiger partial charge in [-0.25, -0.2) is 5.43 Å². The first-order valence-corrected chi connectivity index (χ1v) is 12.4. The topological polar surface area (TPSA) is 94.5 Å². The molecule has 5 aromatic rings. The molecule has 0 aliphatic heterocycles. The van der Waals surface area contributed by atoms with E-state index in [1.165, 1.54) is 12.1 Å². The molecule has 194 valence electrons. The molecule has 8 nitrogen and oxygen atoms in total. The Morgan fingerprint density at radius 3 is 2.13 bits per heavy atom. The van der Waals surface area contributed by atoms with Crippen LogP contribution < -0.4 is 5.43 Å². The first-order chi connectivity index (χ1) is 18.8. The van der Waals surface area contributed by atoms with Crippen LogP contribution in [-0.2, 0) is 0 Å². The Morgan fingerprint density at radius 2 is 1.46 bits per heavy atom. The average molecular weight is 518 g/mol. The molecule has 0 spiro atoms. The Bertz CT molecular complexity index is 1680. The minimum Gasteiger partial charge on any atom is -0.318 e. The van der Waals surface area contributed by atoms with Crippen molar-refractivity contribution >= 4 is 17.8 Å². The molecule has 0 fully saturated rings. The van der Waals surface area contributed by atoms with Crippen LogP contribution in [0.2, 0.25) is 0 Å². The van der Waals surface area contributed by atoms with Gasteiger partial charge in [0.15, 0.2) is 0 Å². The number of carbonyl (C=O) groups is 1. The van der Waals surface area contributed by atoms with Crippen LogP contribution in [0.15, 0.2) is 102 Å². The van der Waals surface area contributed by atoms with Crippen molar-refractivity contribution in [2.24, 2.45) is 5.10 Å². The number of rotatable bonds is 7. The zero-order chi connectivity index (χ0) is 27.5. The molecule has 1 amide bonds. The summed E-state index contributed by atoms with van der Waals surface area (Å²) in [4.78, 5) is 23.3. The molecule has 2 aromatic heterocycles. The average Bonchev–Trinajstić information content (AvgIpc) is 3.47. The number of nitro groups is 1. The number of nitro benzene ring substituents is 1. The number of hydrogen-bond acceptors (Lipinski definition) is 4. The molecule has 0 aliphatic carbocycles. The molecular weight excluding hydrogens is 490 g/mol. The van der Waals surface area contributed by atoms with Crippen molar-refractivity contribution in [1.82, 2.24) is 14.6 Å². The Morgan fingerprint density at radius 1 is 0.821 bits per heavy atom. The molecule has 5 rings (SSSR count). The highest BCUT2D eigenvalue weighted by molar-refractivity contribution is 5.95. The van der Waals surface area contributed by atoms with E-state index in [1.54, 1.807) is 30.5 Å². The van der Waals surface area contributed by atoms with Crippen LogP contribution in [0.3, 0.4) is 0 Å². The summed E-state index contributed by atoms with van der Waals surface area (Å²) >= 11 is 0. The van der Waals surface area contributed by atoms with Crippen molar-refractivity contribution in [2.75, 3.05) is 0 Å². The van der Waals surface area contributed by atoms with Gasteiger partial charge in [-0.3, -0.25) is 14.9 Å². The van der Waals surface area contributed by atoms with Gasteiger partial charge in [0, 0.05) is 51.7 Å². The van der Waals surface area contributed by atoms with Gasteiger partial charge in [-0.05, 0) is 80.9 Å². The van der Waals surface area contributed by atoms with E-state index in [9.17, 15) is 14.9 Å². The second kappa shape index (κ2) is 10.6. The number of non-ortho nitro benzene ring substituents is 1. The third kappa shape index (κ3) is 5.13. The highest BCUT2D eigenvalue weighted by Crippen LogP contribution is 2.26. The number of amides is 1. The normalized spacial score (nSPS) is 11.2. The maximum absolute atomic E-state index is 12.8. The maximum atomic E-state index is 12.8. The number of hydrogen-bond donors (Lipinski definition) is 1. The van der Waals surface area contributed by atoms with E-state index in [2.05, 4.69) is 46.3 Å². The zero-order valence-corrected chi connectivity index (χ0v) is 21.8. The van der Waals surface area contributed by atoms with E-state index in [0.29, 0.717) is 5.56 Å². The van der Waals surface area contributed by atoms with Crippen molar-refractivity contribution < 1.29 is 9.72 Å². The van der Waals surface area contributed by atoms with Crippen molar-refractivity contribution in [3.05, 3.63) is 135 Å². The lowest BCUT2D eigenvalue weighted by Gasteiger charge is -2.12. The minimum absolute atomic E-state index is 0.0406. The lowest BCUT2D eigenvalue weighted by Crippen LogP contribution is -2.17. The van der Waals surface area contributed by atoms with Crippen molar-refractivity contribution in [1.29, 1.82) is 0 Å². The van der Waals surface area contributed by atoms with Crippen molar-refractivity contribution in [3.8, 4) is 22.6 Å². The van der Waals surface area contributed by atoms with Gasteiger partial charge in [-0.15, -0.1) is 0 Å². The number of benzene rings is 3. The van der Waals surface area contributed by atoms with Gasteiger partial charge in [-0.1, -0.05) is 30.3 Å². The first-order valence-electron chi connectivity index (χ1n) is 12.4. The summed E-state index contributed by atoms with van der Waals surface area (Å²) in [6.07, 6.45) is 1.60. The van der Waals surface area contributed by atoms with E-state index in [-0.39, 0.29) is 11.6 Å². The fourth-order valence-electron chi connectivity index (χ4n) is 4.74. The molecule has 2 heterocycles. The fourth-order valence-corrected chi connectivity index (χ4v) is 4.74. The molecule has 0 atom stereocenters. The highest BCUT2D eigenvalue weighted by atomic mass is 16.6. The second-order valence-corrected chi connectivity index (χ2v) is 9.24. The maximum Gasteiger partial charge on any atom is 0.271 e. The number of nitrogens with zero attached hydrogens (tertiary/aromatic N) is 4. The lowest BCUT2D eigenvalue weighted by molar-refractivity contribution is -0.384. The van der Waals surface area contributed by atoms with Gasteiger partial charge >= 0.3 is 0 Å². The summed E-state index contributed by atoms with van der Waals surface area (Å²) in [6, 6.07) is 30.1. The summed E-state index contributed by atoms with van der Waals surface area (Å²) in [5.41, 5.74) is 10.9. The molecule has 0 saturated carbocycles. The molecule has 39 heavy (non-hydrogen) atoms. The largest absolute Gasteiger partial charge is 0.318 e. The van der Waals surface area contributed by atoms with E-state index in [1.807, 2.05) is 54.8 Å². The Hall–Kier alpha value is -5.24. The predicted octanol–water partition coefficient (Wildman–Crippen LogP) is 6.53. The Labute approximate surface area is 226 Å². The number of aryl methyl sites for hydroxylation is 2. The SMILES string of the molecule is Cc1ccc(-c2ccccc2)n1-c1ccc(C(=O)N/N=C\c2cc(C)n(-c3ccc([N+](=O)[O-])cc3)c2C)cc1. The number of aromatic nitrogens is 2. The molecular formula is C31H27N5O3. The minimum atomic E-state index is -0.420. The highest BCUT2D eigenvalue weighted by Gasteiger charge is 2.13. The van der Waals surface area contributed by atoms with Crippen LogP contribution >= 0.6 is 0 Å². The van der Waals surface area contributed by atoms with Crippen LogP contribution in [0.4, 0.5) is 5.69 Å². The molecule has 1 N–H and O–H groups in total. The van der Waals surface area contributed by atoms with Crippen molar-refractivity contribution in [2.45, 2.75) is 20.8 Å². The molecule has 0 aliphatic rings. The summed E-state index contributed by atoms with van der Waals surface area (Å²) in [6.45, 7) is 5.94. The summed E-state index contributed by atoms with van der Waals surface area (Å²) in [7, 11) is 0. The molecule has 0 radical (unpaired) electrons. The van der Waals surface area contributed by atoms with Gasteiger partial charge in [0.2, 0.25) is 0 Å². The Kier molecular flexibility index (Phi) is 6.93. The third-order valence-electron chi connectivity index (χ3n) is 6.69. The van der Waals surface area contributed by atoms with Crippen LogP contribution in [0.5, 0.6) is 0 Å². The second-order valence-electron chi connectivity index (χ2n) is 9.24. The van der Waals surface area contributed by atoms with Crippen LogP contribution in [0.1, 0.15) is 33.0 Å². The standard InChI is InChI=1S/C31H27N5O3/c1-21-9-18-30(24-7-5-4-6-8-24)35(21)28-12-10-25(11-13-28)31(37)33-32-20-26-19-22(2)34(23(26)3)27-14-16-29(17-15-27)36(38)39/h4-20H,1-3H3,(H,33,37)/b32-20-. The van der Waals surface area contributed by atoms with Crippen LogP contribution in [0.25, 0.3) is 22.6 Å². The summed E-state index contributed by atoms with van der Waals surface area (Å²) < 4.78 is 4.15. The van der Waals surface area contributed by atoms with Gasteiger partial charge < -0.3 is 9.13 Å². The molecule has 0 saturated heterocycles. The number of hydrazone groups is 1. The van der Waals surface area contributed by atoms with Gasteiger partial charge in [0.1, 0.15) is 0 Å². The van der Waals surface area contributed by atoms with E-state index in [4.69, 9.17) is 0 Å². The third-order valence-corrected chi connectivity index (χ3v) is 6.69. The molecule has 3 aromatic carbocycles. The molecule has 0 unspecified atom stereocenters. The van der Waals surface area contributed by atoms with Gasteiger partial charge in [0.05, 0.1) is 16.8 Å². The lowest BCUT2D eigenvalue weighted by atomic mass is 10.1. The van der Waals surface area contributed by atoms with Gasteiger partial charge in [-0.2, -0.15) is 5.10 Å². The first kappa shape index (κ1) is 25.4. The van der Waals surface area contributed by atoms with E-state index in [0.717, 1.165) is 45.3 Å². The van der Waals surface area contributed by atoms with Gasteiger partial charge in [0.25, 0.3) is 11.6 Å². The zero-order valence-electron chi connectivity index (χ0n) is 21.8. The van der Waals surface area contributed by atoms with Crippen molar-refractivity contribution in [3.63, 3.8) is 0 Å². The fraction of sp³-hybridized carbons (Fsp3) is 0.0968. The number of nitrogens with one attached hydrogen (secondary N) is 1.